The number of halogens is 2. The molecule has 75 heavy (non-hydrogen) atoms. The van der Waals surface area contributed by atoms with Crippen LogP contribution < -0.4 is 31.9 Å². The number of esters is 2. The minimum absolute atomic E-state index is 0.0000174. The molecule has 23 nitrogen and oxygen atoms in total. The fourth-order valence-electron chi connectivity index (χ4n) is 7.52. The van der Waals surface area contributed by atoms with Crippen molar-refractivity contribution in [1.29, 1.82) is 5.41 Å². The van der Waals surface area contributed by atoms with Gasteiger partial charge in [-0.3, -0.25) is 38.9 Å². The number of morpholine rings is 2. The molecule has 4 amide bonds. The summed E-state index contributed by atoms with van der Waals surface area (Å²) in [5.41, 5.74) is 6.54. The summed E-state index contributed by atoms with van der Waals surface area (Å²) in [6, 6.07) is 27.9. The number of aromatic nitrogens is 2. The minimum Gasteiger partial charge on any atom is -0.478 e. The number of carboxylic acids is 1. The molecule has 2 saturated heterocycles. The van der Waals surface area contributed by atoms with Gasteiger partial charge in [0.15, 0.2) is 24.1 Å². The van der Waals surface area contributed by atoms with Crippen LogP contribution in [-0.2, 0) is 49.5 Å². The Morgan fingerprint density at radius 3 is 1.96 bits per heavy atom. The fraction of sp³-hybridized carbons (Fsp3) is 0.200. The van der Waals surface area contributed by atoms with Crippen molar-refractivity contribution >= 4 is 70.1 Å². The van der Waals surface area contributed by atoms with E-state index < -0.39 is 89.2 Å². The number of aliphatic hydroxyl groups is 1. The predicted molar refractivity (Wildman–Crippen MR) is 258 cm³/mol. The molecule has 0 spiro atoms. The summed E-state index contributed by atoms with van der Waals surface area (Å²) >= 11 is 0. The number of nitrogens with two attached hydrogens (primary N) is 1. The second-order valence-electron chi connectivity index (χ2n) is 16.2. The molecule has 8 N–H and O–H groups in total. The van der Waals surface area contributed by atoms with E-state index in [1.165, 1.54) is 64.4 Å². The third-order valence-electron chi connectivity index (χ3n) is 11.1. The lowest BCUT2D eigenvalue weighted by Crippen LogP contribution is -2.56. The van der Waals surface area contributed by atoms with Crippen molar-refractivity contribution in [2.45, 2.75) is 37.9 Å². The van der Waals surface area contributed by atoms with E-state index in [9.17, 15) is 52.2 Å². The lowest BCUT2D eigenvalue weighted by atomic mass is 10.1. The highest BCUT2D eigenvalue weighted by molar-refractivity contribution is 6.06. The van der Waals surface area contributed by atoms with Crippen LogP contribution in [0.5, 0.6) is 0 Å². The van der Waals surface area contributed by atoms with E-state index >= 15 is 0 Å². The van der Waals surface area contributed by atoms with Gasteiger partial charge in [0.2, 0.25) is 6.10 Å². The quantitative estimate of drug-likeness (QED) is 0.0440. The maximum atomic E-state index is 14.7. The zero-order valence-electron chi connectivity index (χ0n) is 39.2. The number of amidine groups is 1. The summed E-state index contributed by atoms with van der Waals surface area (Å²) in [4.78, 5) is 104. The Bertz CT molecular complexity index is 3220. The number of aromatic carboxylic acids is 1. The maximum Gasteiger partial charge on any atom is 0.439 e. The standard InChI is InChI=1S/C30H25FN4O9.C20H19FN4O6/c1-17(36)43-24(27(37)32-20-10-11-22(23(31)15-20)26-33-30(40)44-34-26)25-28(38)35(12-13-41-25)21-9-5-8-19(14-21)29(39)42-16-18-6-3-2-4-7-18;21-14-9-11(4-5-13(14)17(22)23)24-18(27)15(26)16-19(28)25(6-7-31-16)12-3-1-2-10(8-12)20(29)30/h2-11,14-15,24-25H,12-13,16H2,1H3,(H,32,37)(H,33,34,40);1-5,8-9,15-16,26H,6-7H2,(H3,22,23)(H,24,27)(H,29,30)/t24-,25-;15-,16-/m11/s1. The molecular formula is C50H44F2N8O15. The third kappa shape index (κ3) is 13.2. The second kappa shape index (κ2) is 23.8. The first-order valence-electron chi connectivity index (χ1n) is 22.4. The van der Waals surface area contributed by atoms with Crippen LogP contribution in [0, 0.1) is 17.0 Å². The van der Waals surface area contributed by atoms with Gasteiger partial charge in [-0.2, -0.15) is 0 Å². The van der Waals surface area contributed by atoms with Gasteiger partial charge in [0.05, 0.1) is 35.5 Å². The maximum absolute atomic E-state index is 14.7. The molecule has 0 radical (unpaired) electrons. The SMILES string of the molecule is CC(=O)O[C@@H](C(=O)Nc1ccc(-c2noc(=O)[nH]2)c(F)c1)[C@H]1OCCN(c2cccc(C(=O)OCc3ccccc3)c2)C1=O.N=C(N)c1ccc(NC(=O)[C@H](O)[C@H]2OCCN(c3cccc(C(=O)O)c3)C2=O)cc1F. The molecule has 3 heterocycles. The average molecular weight is 1030 g/mol. The Balaban J connectivity index is 0.000000233. The molecule has 5 aromatic carbocycles. The first-order chi connectivity index (χ1) is 35.9. The van der Waals surface area contributed by atoms with Crippen molar-refractivity contribution in [2.24, 2.45) is 5.73 Å². The first kappa shape index (κ1) is 53.3. The summed E-state index contributed by atoms with van der Waals surface area (Å²) in [6.07, 6.45) is -6.74. The van der Waals surface area contributed by atoms with Crippen LogP contribution in [0.1, 0.15) is 38.8 Å². The number of nitrogens with one attached hydrogen (secondary N) is 4. The lowest BCUT2D eigenvalue weighted by molar-refractivity contribution is -0.167. The zero-order valence-corrected chi connectivity index (χ0v) is 39.2. The van der Waals surface area contributed by atoms with Gasteiger partial charge in [0.25, 0.3) is 23.6 Å². The first-order valence-corrected chi connectivity index (χ1v) is 22.4. The van der Waals surface area contributed by atoms with E-state index in [0.717, 1.165) is 24.6 Å². The van der Waals surface area contributed by atoms with Crippen molar-refractivity contribution in [2.75, 3.05) is 46.7 Å². The van der Waals surface area contributed by atoms with E-state index in [0.29, 0.717) is 5.69 Å². The number of aliphatic hydroxyl groups excluding tert-OH is 1. The van der Waals surface area contributed by atoms with Crippen molar-refractivity contribution < 1.29 is 76.0 Å². The zero-order chi connectivity index (χ0) is 53.9. The molecule has 6 aromatic rings. The summed E-state index contributed by atoms with van der Waals surface area (Å²) < 4.78 is 54.5. The molecule has 8 rings (SSSR count). The number of anilines is 4. The Hall–Kier alpha value is -9.46. The molecule has 4 atom stereocenters. The summed E-state index contributed by atoms with van der Waals surface area (Å²) in [6.45, 7) is 1.29. The number of nitrogens with zero attached hydrogens (tertiary/aromatic N) is 3. The van der Waals surface area contributed by atoms with Crippen molar-refractivity contribution in [3.63, 3.8) is 0 Å². The van der Waals surface area contributed by atoms with Crippen LogP contribution in [0.2, 0.25) is 0 Å². The van der Waals surface area contributed by atoms with Crippen LogP contribution in [0.3, 0.4) is 0 Å². The highest BCUT2D eigenvalue weighted by Gasteiger charge is 2.43. The van der Waals surface area contributed by atoms with Gasteiger partial charge < -0.3 is 55.3 Å². The van der Waals surface area contributed by atoms with Crippen molar-refractivity contribution in [3.05, 3.63) is 160 Å². The second-order valence-corrected chi connectivity index (χ2v) is 16.2. The van der Waals surface area contributed by atoms with Crippen LogP contribution in [-0.4, -0.2) is 118 Å². The number of H-pyrrole nitrogens is 1. The molecule has 0 unspecified atom stereocenters. The number of hydrogen-bond acceptors (Lipinski definition) is 16. The van der Waals surface area contributed by atoms with E-state index in [1.54, 1.807) is 18.2 Å². The largest absolute Gasteiger partial charge is 0.478 e. The summed E-state index contributed by atoms with van der Waals surface area (Å²) in [5, 5.41) is 34.9. The summed E-state index contributed by atoms with van der Waals surface area (Å²) in [5.74, 6) is -9.22. The number of amides is 4. The number of carboxylic acid groups (broad SMARTS) is 1. The van der Waals surface area contributed by atoms with E-state index in [4.69, 9.17) is 35.2 Å². The molecule has 0 bridgehead atoms. The van der Waals surface area contributed by atoms with E-state index in [2.05, 4.69) is 25.3 Å². The van der Waals surface area contributed by atoms with Gasteiger partial charge in [-0.1, -0.05) is 47.6 Å². The van der Waals surface area contributed by atoms with Gasteiger partial charge in [-0.25, -0.2) is 23.2 Å². The third-order valence-corrected chi connectivity index (χ3v) is 11.1. The van der Waals surface area contributed by atoms with E-state index in [-0.39, 0.29) is 78.1 Å². The van der Waals surface area contributed by atoms with Crippen LogP contribution in [0.25, 0.3) is 11.4 Å². The van der Waals surface area contributed by atoms with Gasteiger partial charge in [0.1, 0.15) is 24.1 Å². The number of benzene rings is 5. The number of nitrogen functional groups attached to an aromatic ring is 1. The Morgan fingerprint density at radius 2 is 1.37 bits per heavy atom. The molecule has 2 aliphatic heterocycles. The lowest BCUT2D eigenvalue weighted by Gasteiger charge is -2.35. The van der Waals surface area contributed by atoms with Gasteiger partial charge in [-0.15, -0.1) is 0 Å². The normalized spacial score (nSPS) is 16.1. The van der Waals surface area contributed by atoms with Crippen molar-refractivity contribution in [1.82, 2.24) is 10.1 Å². The molecule has 0 aliphatic carbocycles. The predicted octanol–water partition coefficient (Wildman–Crippen LogP) is 3.37. The molecule has 25 heteroatoms. The molecule has 2 fully saturated rings. The van der Waals surface area contributed by atoms with Gasteiger partial charge in [-0.05, 0) is 78.4 Å². The molecule has 1 aromatic heterocycles. The smallest absolute Gasteiger partial charge is 0.439 e. The summed E-state index contributed by atoms with van der Waals surface area (Å²) in [7, 11) is 0. The number of hydrogen-bond donors (Lipinski definition) is 7. The number of ether oxygens (including phenoxy) is 4. The van der Waals surface area contributed by atoms with Gasteiger partial charge in [0, 0.05) is 42.8 Å². The highest BCUT2D eigenvalue weighted by Crippen LogP contribution is 2.27. The molecule has 0 saturated carbocycles. The number of aromatic amines is 1. The van der Waals surface area contributed by atoms with Crippen molar-refractivity contribution in [3.8, 4) is 11.4 Å². The number of carbonyl (C=O) groups is 7. The van der Waals surface area contributed by atoms with Crippen LogP contribution >= 0.6 is 0 Å². The average Bonchev–Trinajstić information content (AvgIpc) is 3.83. The Morgan fingerprint density at radius 1 is 0.787 bits per heavy atom. The monoisotopic (exact) mass is 1030 g/mol. The molecular weight excluding hydrogens is 991 g/mol. The Labute approximate surface area is 422 Å². The topological polar surface area (TPSA) is 336 Å². The van der Waals surface area contributed by atoms with Gasteiger partial charge >= 0.3 is 23.7 Å². The Kier molecular flexibility index (Phi) is 17.0. The highest BCUT2D eigenvalue weighted by atomic mass is 19.1. The molecule has 388 valence electrons. The van der Waals surface area contributed by atoms with E-state index in [1.807, 2.05) is 30.3 Å². The fourth-order valence-corrected chi connectivity index (χ4v) is 7.52. The number of rotatable bonds is 15. The van der Waals surface area contributed by atoms with Crippen LogP contribution in [0.15, 0.2) is 125 Å². The minimum atomic E-state index is -1.91. The molecule has 2 aliphatic rings. The van der Waals surface area contributed by atoms with Crippen LogP contribution in [0.4, 0.5) is 31.5 Å². The number of carbonyl (C=O) groups excluding carboxylic acids is 6.